The molecule has 1 unspecified atom stereocenters. The van der Waals surface area contributed by atoms with Crippen molar-refractivity contribution in [3.8, 4) is 17.2 Å². The number of aliphatic carboxylic acids is 3. The van der Waals surface area contributed by atoms with Gasteiger partial charge in [-0.25, -0.2) is 4.79 Å². The van der Waals surface area contributed by atoms with E-state index in [2.05, 4.69) is 11.0 Å². The van der Waals surface area contributed by atoms with E-state index in [4.69, 9.17) is 34.6 Å². The molecule has 1 fully saturated rings. The maximum atomic E-state index is 10.5. The third kappa shape index (κ3) is 9.74. The van der Waals surface area contributed by atoms with Crippen LogP contribution in [0.4, 0.5) is 0 Å². The SMILES string of the molecule is COc1ccccc1CN(Cc1cccc(OC)c1O)CC1CCCO1.O=C(O)CC(O)(CC(=O)O)C(=O)O. The van der Waals surface area contributed by atoms with Crippen LogP contribution in [0.25, 0.3) is 0 Å². The molecule has 1 atom stereocenters. The molecule has 1 saturated heterocycles. The fourth-order valence-electron chi connectivity index (χ4n) is 4.15. The zero-order valence-electron chi connectivity index (χ0n) is 21.9. The van der Waals surface area contributed by atoms with Crippen LogP contribution in [-0.2, 0) is 32.2 Å². The Kier molecular flexibility index (Phi) is 12.0. The number of aromatic hydroxyl groups is 1. The average molecular weight is 550 g/mol. The zero-order chi connectivity index (χ0) is 29.0. The molecule has 0 radical (unpaired) electrons. The molecule has 5 N–H and O–H groups in total. The molecule has 12 heteroatoms. The molecule has 12 nitrogen and oxygen atoms in total. The van der Waals surface area contributed by atoms with Crippen LogP contribution < -0.4 is 9.47 Å². The largest absolute Gasteiger partial charge is 0.504 e. The number of para-hydroxylation sites is 2. The molecule has 3 rings (SSSR count). The summed E-state index contributed by atoms with van der Waals surface area (Å²) in [7, 11) is 3.26. The van der Waals surface area contributed by atoms with E-state index in [-0.39, 0.29) is 11.9 Å². The number of carboxylic acids is 3. The highest BCUT2D eigenvalue weighted by Crippen LogP contribution is 2.31. The highest BCUT2D eigenvalue weighted by Gasteiger charge is 2.40. The van der Waals surface area contributed by atoms with E-state index in [0.29, 0.717) is 12.3 Å². The summed E-state index contributed by atoms with van der Waals surface area (Å²) in [5.74, 6) is -3.45. The first-order chi connectivity index (χ1) is 18.5. The third-order valence-electron chi connectivity index (χ3n) is 6.05. The minimum Gasteiger partial charge on any atom is -0.504 e. The molecule has 0 amide bonds. The van der Waals surface area contributed by atoms with Crippen molar-refractivity contribution in [2.24, 2.45) is 0 Å². The summed E-state index contributed by atoms with van der Waals surface area (Å²) in [6.07, 6.45) is 0.130. The first-order valence-corrected chi connectivity index (χ1v) is 12.2. The van der Waals surface area contributed by atoms with Crippen LogP contribution in [0.15, 0.2) is 42.5 Å². The second-order valence-corrected chi connectivity index (χ2v) is 9.06. The number of phenols is 1. The van der Waals surface area contributed by atoms with Crippen LogP contribution >= 0.6 is 0 Å². The van der Waals surface area contributed by atoms with Crippen molar-refractivity contribution < 1.29 is 54.1 Å². The Labute approximate surface area is 226 Å². The summed E-state index contributed by atoms with van der Waals surface area (Å²) in [4.78, 5) is 32.8. The predicted molar refractivity (Wildman–Crippen MR) is 138 cm³/mol. The van der Waals surface area contributed by atoms with E-state index < -0.39 is 36.4 Å². The number of methoxy groups -OCH3 is 2. The number of carboxylic acid groups (broad SMARTS) is 3. The summed E-state index contributed by atoms with van der Waals surface area (Å²) < 4.78 is 16.6. The van der Waals surface area contributed by atoms with Gasteiger partial charge in [0.1, 0.15) is 5.75 Å². The number of hydrogen-bond acceptors (Lipinski definition) is 9. The second kappa shape index (κ2) is 14.9. The summed E-state index contributed by atoms with van der Waals surface area (Å²) in [5, 5.41) is 44.3. The van der Waals surface area contributed by atoms with E-state index in [0.717, 1.165) is 49.4 Å². The Morgan fingerprint density at radius 3 is 2.03 bits per heavy atom. The lowest BCUT2D eigenvalue weighted by molar-refractivity contribution is -0.170. The van der Waals surface area contributed by atoms with Crippen LogP contribution in [0.5, 0.6) is 17.2 Å². The van der Waals surface area contributed by atoms with Gasteiger partial charge in [-0.3, -0.25) is 14.5 Å². The van der Waals surface area contributed by atoms with Crippen molar-refractivity contribution in [3.05, 3.63) is 53.6 Å². The molecule has 1 heterocycles. The molecule has 214 valence electrons. The first-order valence-electron chi connectivity index (χ1n) is 12.2. The van der Waals surface area contributed by atoms with Crippen molar-refractivity contribution in [2.75, 3.05) is 27.4 Å². The van der Waals surface area contributed by atoms with Crippen LogP contribution in [-0.4, -0.2) is 87.4 Å². The molecular formula is C27H35NO11. The quantitative estimate of drug-likeness (QED) is 0.246. The Morgan fingerprint density at radius 1 is 0.923 bits per heavy atom. The van der Waals surface area contributed by atoms with Gasteiger partial charge in [-0.1, -0.05) is 30.3 Å². The standard InChI is InChI=1S/C21H27NO4.C6H8O7/c1-24-19-10-4-3-7-16(19)13-22(15-18-9-6-12-26-18)14-17-8-5-11-20(25-2)21(17)23;7-3(8)1-6(13,5(11)12)2-4(9)10/h3-5,7-8,10-11,18,23H,6,9,12-15H2,1-2H3;13H,1-2H2,(H,7,8)(H,9,10)(H,11,12). The minimum absolute atomic E-state index is 0.201. The summed E-state index contributed by atoms with van der Waals surface area (Å²) in [6.45, 7) is 2.98. The molecule has 0 bridgehead atoms. The van der Waals surface area contributed by atoms with Gasteiger partial charge in [0.25, 0.3) is 0 Å². The van der Waals surface area contributed by atoms with E-state index >= 15 is 0 Å². The molecule has 0 aliphatic carbocycles. The lowest BCUT2D eigenvalue weighted by Gasteiger charge is -2.26. The maximum Gasteiger partial charge on any atom is 0.336 e. The second-order valence-electron chi connectivity index (χ2n) is 9.06. The molecule has 0 aromatic heterocycles. The van der Waals surface area contributed by atoms with Crippen molar-refractivity contribution in [2.45, 2.75) is 50.5 Å². The molecule has 0 saturated carbocycles. The molecule has 0 spiro atoms. The Hall–Kier alpha value is -3.87. The fraction of sp³-hybridized carbons (Fsp3) is 0.444. The number of carbonyl (C=O) groups is 3. The fourth-order valence-corrected chi connectivity index (χ4v) is 4.15. The molecular weight excluding hydrogens is 514 g/mol. The van der Waals surface area contributed by atoms with Gasteiger partial charge in [-0.05, 0) is 25.0 Å². The van der Waals surface area contributed by atoms with Gasteiger partial charge in [0, 0.05) is 37.4 Å². The highest BCUT2D eigenvalue weighted by molar-refractivity contribution is 5.88. The molecule has 2 aromatic carbocycles. The van der Waals surface area contributed by atoms with Crippen LogP contribution in [0.1, 0.15) is 36.8 Å². The average Bonchev–Trinajstić information content (AvgIpc) is 3.38. The Balaban J connectivity index is 0.000000349. The van der Waals surface area contributed by atoms with Crippen LogP contribution in [0.2, 0.25) is 0 Å². The number of phenolic OH excluding ortho intramolecular Hbond substituents is 1. The number of ether oxygens (including phenoxy) is 3. The monoisotopic (exact) mass is 549 g/mol. The Morgan fingerprint density at radius 2 is 1.49 bits per heavy atom. The zero-order valence-corrected chi connectivity index (χ0v) is 21.9. The lowest BCUT2D eigenvalue weighted by atomic mass is 9.96. The van der Waals surface area contributed by atoms with Crippen molar-refractivity contribution in [1.29, 1.82) is 0 Å². The highest BCUT2D eigenvalue weighted by atomic mass is 16.5. The van der Waals surface area contributed by atoms with Gasteiger partial charge < -0.3 is 39.7 Å². The van der Waals surface area contributed by atoms with Gasteiger partial charge in [-0.15, -0.1) is 0 Å². The number of hydrogen-bond donors (Lipinski definition) is 5. The van der Waals surface area contributed by atoms with Crippen LogP contribution in [0.3, 0.4) is 0 Å². The van der Waals surface area contributed by atoms with E-state index in [1.54, 1.807) is 20.3 Å². The smallest absolute Gasteiger partial charge is 0.336 e. The molecule has 1 aliphatic rings. The third-order valence-corrected chi connectivity index (χ3v) is 6.05. The lowest BCUT2D eigenvalue weighted by Crippen LogP contribution is -2.42. The van der Waals surface area contributed by atoms with E-state index in [1.165, 1.54) is 0 Å². The number of rotatable bonds is 13. The summed E-state index contributed by atoms with van der Waals surface area (Å²) in [5.41, 5.74) is -0.773. The minimum atomic E-state index is -2.74. The maximum absolute atomic E-state index is 10.5. The van der Waals surface area contributed by atoms with Gasteiger partial charge in [0.15, 0.2) is 17.1 Å². The van der Waals surface area contributed by atoms with Crippen molar-refractivity contribution in [1.82, 2.24) is 4.90 Å². The van der Waals surface area contributed by atoms with Gasteiger partial charge in [0.05, 0.1) is 33.2 Å². The van der Waals surface area contributed by atoms with Crippen LogP contribution in [0, 0.1) is 0 Å². The van der Waals surface area contributed by atoms with Gasteiger partial charge in [-0.2, -0.15) is 0 Å². The van der Waals surface area contributed by atoms with Gasteiger partial charge in [0.2, 0.25) is 0 Å². The van der Waals surface area contributed by atoms with Crippen molar-refractivity contribution >= 4 is 17.9 Å². The van der Waals surface area contributed by atoms with Crippen molar-refractivity contribution in [3.63, 3.8) is 0 Å². The first kappa shape index (κ1) is 31.3. The van der Waals surface area contributed by atoms with E-state index in [1.807, 2.05) is 30.3 Å². The summed E-state index contributed by atoms with van der Waals surface area (Å²) in [6, 6.07) is 13.6. The van der Waals surface area contributed by atoms with Gasteiger partial charge >= 0.3 is 17.9 Å². The van der Waals surface area contributed by atoms with E-state index in [9.17, 15) is 19.5 Å². The Bertz CT molecular complexity index is 1100. The molecule has 2 aromatic rings. The molecule has 1 aliphatic heterocycles. The number of aliphatic hydroxyl groups is 1. The predicted octanol–water partition coefficient (Wildman–Crippen LogP) is 2.34. The summed E-state index contributed by atoms with van der Waals surface area (Å²) >= 11 is 0. The number of nitrogens with zero attached hydrogens (tertiary/aromatic N) is 1. The number of benzene rings is 2. The molecule has 39 heavy (non-hydrogen) atoms. The normalized spacial score (nSPS) is 14.8. The topological polar surface area (TPSA) is 183 Å².